The largest absolute Gasteiger partial charge is 0.480 e. The van der Waals surface area contributed by atoms with Crippen molar-refractivity contribution in [1.82, 2.24) is 16.0 Å². The highest BCUT2D eigenvalue weighted by atomic mass is 32.2. The van der Waals surface area contributed by atoms with Gasteiger partial charge in [-0.2, -0.15) is 11.8 Å². The van der Waals surface area contributed by atoms with Crippen LogP contribution in [0.2, 0.25) is 0 Å². The normalized spacial score (nSPS) is 15.3. The molecule has 7 N–H and O–H groups in total. The molecule has 0 saturated heterocycles. The monoisotopic (exact) mass is 496 g/mol. The van der Waals surface area contributed by atoms with Crippen LogP contribution in [0.3, 0.4) is 0 Å². The predicted molar refractivity (Wildman–Crippen MR) is 131 cm³/mol. The molecule has 11 heteroatoms. The number of thioether (sulfide) groups is 1. The lowest BCUT2D eigenvalue weighted by Gasteiger charge is -2.28. The maximum atomic E-state index is 13.1. The average Bonchev–Trinajstić information content (AvgIpc) is 2.83. The number of carboxylic acid groups (broad SMARTS) is 1. The minimum absolute atomic E-state index is 0.0918. The van der Waals surface area contributed by atoms with E-state index in [1.807, 2.05) is 19.2 Å². The molecule has 0 aliphatic carbocycles. The van der Waals surface area contributed by atoms with Gasteiger partial charge in [0, 0.05) is 6.42 Å². The van der Waals surface area contributed by atoms with Crippen LogP contribution in [0, 0.1) is 5.92 Å². The van der Waals surface area contributed by atoms with Gasteiger partial charge in [0.25, 0.3) is 0 Å². The third kappa shape index (κ3) is 9.70. The van der Waals surface area contributed by atoms with Crippen molar-refractivity contribution in [2.75, 3.05) is 18.6 Å². The maximum Gasteiger partial charge on any atom is 0.326 e. The van der Waals surface area contributed by atoms with Gasteiger partial charge >= 0.3 is 5.97 Å². The van der Waals surface area contributed by atoms with Gasteiger partial charge in [0.15, 0.2) is 0 Å². The number of rotatable bonds is 15. The number of carbonyl (C=O) groups excluding carboxylic acids is 3. The van der Waals surface area contributed by atoms with E-state index in [1.54, 1.807) is 31.2 Å². The summed E-state index contributed by atoms with van der Waals surface area (Å²) in [5, 5.41) is 26.5. The number of carbonyl (C=O) groups is 4. The molecule has 0 aliphatic rings. The molecular weight excluding hydrogens is 460 g/mol. The second kappa shape index (κ2) is 15.3. The summed E-state index contributed by atoms with van der Waals surface area (Å²) < 4.78 is 0. The summed E-state index contributed by atoms with van der Waals surface area (Å²) in [4.78, 5) is 50.0. The summed E-state index contributed by atoms with van der Waals surface area (Å²) in [5.74, 6) is -2.80. The Kier molecular flexibility index (Phi) is 13.2. The van der Waals surface area contributed by atoms with Gasteiger partial charge in [-0.1, -0.05) is 50.6 Å². The van der Waals surface area contributed by atoms with Gasteiger partial charge in [0.05, 0.1) is 6.61 Å². The molecule has 0 bridgehead atoms. The number of aliphatic carboxylic acids is 1. The van der Waals surface area contributed by atoms with Crippen LogP contribution < -0.4 is 21.7 Å². The molecule has 0 aromatic heterocycles. The highest BCUT2D eigenvalue weighted by Gasteiger charge is 2.32. The second-order valence-corrected chi connectivity index (χ2v) is 9.08. The average molecular weight is 497 g/mol. The number of benzene rings is 1. The van der Waals surface area contributed by atoms with Crippen LogP contribution in [0.5, 0.6) is 0 Å². The molecular formula is C23H36N4O6S. The van der Waals surface area contributed by atoms with Gasteiger partial charge in [0.2, 0.25) is 17.7 Å². The van der Waals surface area contributed by atoms with E-state index in [-0.39, 0.29) is 18.8 Å². The molecule has 0 aliphatic heterocycles. The molecule has 10 nitrogen and oxygen atoms in total. The first kappa shape index (κ1) is 29.4. The molecule has 0 radical (unpaired) electrons. The minimum atomic E-state index is -1.19. The number of aliphatic hydroxyl groups excluding tert-OH is 1. The highest BCUT2D eigenvalue weighted by molar-refractivity contribution is 7.98. The van der Waals surface area contributed by atoms with E-state index in [1.165, 1.54) is 11.8 Å². The van der Waals surface area contributed by atoms with E-state index < -0.39 is 54.5 Å². The fraction of sp³-hybridized carbons (Fsp3) is 0.565. The molecule has 0 saturated carbocycles. The lowest BCUT2D eigenvalue weighted by atomic mass is 9.96. The zero-order chi connectivity index (χ0) is 25.7. The molecule has 0 fully saturated rings. The van der Waals surface area contributed by atoms with Crippen molar-refractivity contribution < 1.29 is 29.4 Å². The van der Waals surface area contributed by atoms with Crippen LogP contribution in [0.1, 0.15) is 32.3 Å². The Morgan fingerprint density at radius 2 is 1.62 bits per heavy atom. The SMILES string of the molecule is CCC(C)C(NC(=O)C(CCSC)NC(=O)C(N)CO)C(=O)NC(Cc1ccccc1)C(=O)O. The van der Waals surface area contributed by atoms with Crippen molar-refractivity contribution in [1.29, 1.82) is 0 Å². The first-order valence-electron chi connectivity index (χ1n) is 11.2. The van der Waals surface area contributed by atoms with Crippen LogP contribution in [0.4, 0.5) is 0 Å². The maximum absolute atomic E-state index is 13.1. The first-order chi connectivity index (χ1) is 16.1. The summed E-state index contributed by atoms with van der Waals surface area (Å²) in [5.41, 5.74) is 6.29. The molecule has 34 heavy (non-hydrogen) atoms. The Bertz CT molecular complexity index is 810. The summed E-state index contributed by atoms with van der Waals surface area (Å²) >= 11 is 1.48. The summed E-state index contributed by atoms with van der Waals surface area (Å²) in [7, 11) is 0. The quantitative estimate of drug-likeness (QED) is 0.195. The Morgan fingerprint density at radius 3 is 2.15 bits per heavy atom. The molecule has 1 rings (SSSR count). The fourth-order valence-corrected chi connectivity index (χ4v) is 3.60. The van der Waals surface area contributed by atoms with Crippen molar-refractivity contribution in [3.63, 3.8) is 0 Å². The lowest BCUT2D eigenvalue weighted by molar-refractivity contribution is -0.142. The highest BCUT2D eigenvalue weighted by Crippen LogP contribution is 2.11. The Labute approximate surface area is 204 Å². The van der Waals surface area contributed by atoms with Crippen LogP contribution >= 0.6 is 11.8 Å². The van der Waals surface area contributed by atoms with Crippen molar-refractivity contribution >= 4 is 35.5 Å². The third-order valence-electron chi connectivity index (χ3n) is 5.47. The van der Waals surface area contributed by atoms with Crippen LogP contribution in [0.25, 0.3) is 0 Å². The summed E-state index contributed by atoms with van der Waals surface area (Å²) in [6.45, 7) is 3.05. The lowest BCUT2D eigenvalue weighted by Crippen LogP contribution is -2.59. The minimum Gasteiger partial charge on any atom is -0.480 e. The van der Waals surface area contributed by atoms with Crippen molar-refractivity contribution in [2.45, 2.75) is 57.3 Å². The zero-order valence-electron chi connectivity index (χ0n) is 19.8. The van der Waals surface area contributed by atoms with E-state index in [0.717, 1.165) is 5.56 Å². The second-order valence-electron chi connectivity index (χ2n) is 8.09. The van der Waals surface area contributed by atoms with Crippen molar-refractivity contribution in [3.05, 3.63) is 35.9 Å². The van der Waals surface area contributed by atoms with Crippen molar-refractivity contribution in [3.8, 4) is 0 Å². The van der Waals surface area contributed by atoms with Crippen molar-refractivity contribution in [2.24, 2.45) is 11.7 Å². The molecule has 5 atom stereocenters. The van der Waals surface area contributed by atoms with Crippen LogP contribution in [-0.2, 0) is 25.6 Å². The Morgan fingerprint density at radius 1 is 1.00 bits per heavy atom. The predicted octanol–water partition coefficient (Wildman–Crippen LogP) is -0.113. The van der Waals surface area contributed by atoms with Gasteiger partial charge in [-0.3, -0.25) is 14.4 Å². The smallest absolute Gasteiger partial charge is 0.326 e. The number of hydrogen-bond donors (Lipinski definition) is 6. The van der Waals surface area contributed by atoms with E-state index >= 15 is 0 Å². The topological polar surface area (TPSA) is 171 Å². The van der Waals surface area contributed by atoms with Crippen LogP contribution in [-0.4, -0.2) is 76.7 Å². The fourth-order valence-electron chi connectivity index (χ4n) is 3.13. The number of carboxylic acids is 1. The molecule has 0 spiro atoms. The molecule has 190 valence electrons. The van der Waals surface area contributed by atoms with Gasteiger partial charge in [-0.25, -0.2) is 4.79 Å². The standard InChI is InChI=1S/C23H36N4O6S/c1-4-14(2)19(22(31)26-18(23(32)33)12-15-8-6-5-7-9-15)27-21(30)17(10-11-34-3)25-20(29)16(24)13-28/h5-9,14,16-19,28H,4,10-13,24H2,1-3H3,(H,25,29)(H,26,31)(H,27,30)(H,32,33). The van der Waals surface area contributed by atoms with E-state index in [9.17, 15) is 24.3 Å². The number of aliphatic hydroxyl groups is 1. The van der Waals surface area contributed by atoms with Crippen LogP contribution in [0.15, 0.2) is 30.3 Å². The number of nitrogens with one attached hydrogen (secondary N) is 3. The number of hydrogen-bond acceptors (Lipinski definition) is 7. The summed E-state index contributed by atoms with van der Waals surface area (Å²) in [6, 6.07) is 4.60. The number of amides is 3. The number of nitrogens with two attached hydrogens (primary N) is 1. The molecule has 0 heterocycles. The van der Waals surface area contributed by atoms with Gasteiger partial charge < -0.3 is 31.9 Å². The molecule has 5 unspecified atom stereocenters. The van der Waals surface area contributed by atoms with Gasteiger partial charge in [-0.15, -0.1) is 0 Å². The van der Waals surface area contributed by atoms with Gasteiger partial charge in [0.1, 0.15) is 24.2 Å². The Balaban J connectivity index is 2.99. The van der Waals surface area contributed by atoms with Gasteiger partial charge in [-0.05, 0) is 29.9 Å². The molecule has 3 amide bonds. The van der Waals surface area contributed by atoms with E-state index in [4.69, 9.17) is 10.8 Å². The molecule has 1 aromatic carbocycles. The van der Waals surface area contributed by atoms with E-state index in [0.29, 0.717) is 12.2 Å². The molecule has 1 aromatic rings. The third-order valence-corrected chi connectivity index (χ3v) is 6.11. The first-order valence-corrected chi connectivity index (χ1v) is 12.6. The zero-order valence-corrected chi connectivity index (χ0v) is 20.6. The van der Waals surface area contributed by atoms with E-state index in [2.05, 4.69) is 16.0 Å². The summed E-state index contributed by atoms with van der Waals surface area (Å²) in [6.07, 6.45) is 2.78. The Hall–Kier alpha value is -2.63.